The van der Waals surface area contributed by atoms with E-state index >= 15 is 0 Å². The average Bonchev–Trinajstić information content (AvgIpc) is 3.67. The molecule has 1 aliphatic carbocycles. The van der Waals surface area contributed by atoms with Crippen molar-refractivity contribution in [1.82, 2.24) is 44.4 Å². The third kappa shape index (κ3) is 4.97. The van der Waals surface area contributed by atoms with Gasteiger partial charge in [0.15, 0.2) is 11.5 Å². The van der Waals surface area contributed by atoms with Crippen LogP contribution >= 0.6 is 0 Å². The minimum atomic E-state index is -0.488. The van der Waals surface area contributed by atoms with Crippen molar-refractivity contribution in [2.24, 2.45) is 7.05 Å². The highest BCUT2D eigenvalue weighted by Crippen LogP contribution is 2.37. The number of amides is 1. The molecule has 0 aromatic carbocycles. The maximum atomic E-state index is 13.3. The first-order chi connectivity index (χ1) is 17.5. The molecule has 1 atom stereocenters. The second-order valence-corrected chi connectivity index (χ2v) is 7.89. The van der Waals surface area contributed by atoms with Crippen molar-refractivity contribution in [3.63, 3.8) is 0 Å². The smallest absolute Gasteiger partial charge is 0.235 e. The summed E-state index contributed by atoms with van der Waals surface area (Å²) in [5.74, 6) is 0.377. The first-order valence-corrected chi connectivity index (χ1v) is 11.6. The summed E-state index contributed by atoms with van der Waals surface area (Å²) >= 11 is 0. The van der Waals surface area contributed by atoms with Gasteiger partial charge in [0.25, 0.3) is 0 Å². The number of hydrogen-bond acceptors (Lipinski definition) is 7. The highest BCUT2D eigenvalue weighted by molar-refractivity contribution is 5.71. The van der Waals surface area contributed by atoms with Gasteiger partial charge in [-0.2, -0.15) is 19.7 Å². The maximum Gasteiger partial charge on any atom is 0.235 e. The lowest BCUT2D eigenvalue weighted by Gasteiger charge is -2.10. The Morgan fingerprint density at radius 1 is 1.08 bits per heavy atom. The fourth-order valence-corrected chi connectivity index (χ4v) is 4.15. The number of aromatic nitrogens is 9. The summed E-state index contributed by atoms with van der Waals surface area (Å²) in [7, 11) is 1.90. The Balaban J connectivity index is 0.000000163. The van der Waals surface area contributed by atoms with Crippen LogP contribution in [0.5, 0.6) is 0 Å². The molecule has 11 nitrogen and oxygen atoms in total. The van der Waals surface area contributed by atoms with E-state index in [-0.39, 0.29) is 5.92 Å². The molecule has 0 bridgehead atoms. The van der Waals surface area contributed by atoms with Gasteiger partial charge < -0.3 is 5.32 Å². The topological polar surface area (TPSA) is 121 Å². The van der Waals surface area contributed by atoms with Crippen LogP contribution in [0, 0.1) is 12.9 Å². The van der Waals surface area contributed by atoms with Crippen molar-refractivity contribution >= 4 is 17.7 Å². The molecule has 0 saturated carbocycles. The zero-order chi connectivity index (χ0) is 25.7. The van der Waals surface area contributed by atoms with Crippen LogP contribution in [0.15, 0.2) is 49.3 Å². The normalized spacial score (nSPS) is 13.9. The summed E-state index contributed by atoms with van der Waals surface area (Å²) in [6.45, 7) is 5.88. The summed E-state index contributed by atoms with van der Waals surface area (Å²) in [4.78, 5) is 20.1. The zero-order valence-corrected chi connectivity index (χ0v) is 20.5. The molecule has 1 N–H and O–H groups in total. The van der Waals surface area contributed by atoms with E-state index in [1.54, 1.807) is 33.9 Å². The van der Waals surface area contributed by atoms with Crippen LogP contribution in [0.4, 0.5) is 10.1 Å². The van der Waals surface area contributed by atoms with Gasteiger partial charge in [-0.05, 0) is 42.5 Å². The largest absolute Gasteiger partial charge is 0.327 e. The van der Waals surface area contributed by atoms with E-state index in [9.17, 15) is 9.18 Å². The summed E-state index contributed by atoms with van der Waals surface area (Å²) in [6, 6.07) is 3.17. The Bertz CT molecular complexity index is 1460. The van der Waals surface area contributed by atoms with Crippen molar-refractivity contribution < 1.29 is 9.18 Å². The van der Waals surface area contributed by atoms with Gasteiger partial charge in [-0.25, -0.2) is 14.5 Å². The van der Waals surface area contributed by atoms with Crippen LogP contribution in [0.3, 0.4) is 0 Å². The number of fused-ring (bicyclic) bond motifs is 3. The first kappa shape index (κ1) is 24.6. The molecule has 5 aromatic rings. The van der Waals surface area contributed by atoms with E-state index in [1.807, 2.05) is 46.4 Å². The zero-order valence-electron chi connectivity index (χ0n) is 20.5. The summed E-state index contributed by atoms with van der Waals surface area (Å²) in [5.41, 5.74) is 5.43. The number of nitrogens with zero attached hydrogens (tertiary/aromatic N) is 9. The average molecular weight is 491 g/mol. The molecule has 12 heteroatoms. The van der Waals surface area contributed by atoms with Crippen molar-refractivity contribution in [2.45, 2.75) is 39.5 Å². The Kier molecular flexibility index (Phi) is 7.42. The highest BCUT2D eigenvalue weighted by atomic mass is 19.1. The van der Waals surface area contributed by atoms with E-state index in [1.165, 1.54) is 10.9 Å². The van der Waals surface area contributed by atoms with Crippen LogP contribution < -0.4 is 5.32 Å². The van der Waals surface area contributed by atoms with Gasteiger partial charge in [-0.1, -0.05) is 13.8 Å². The lowest BCUT2D eigenvalue weighted by molar-refractivity contribution is -0.105. The van der Waals surface area contributed by atoms with E-state index in [0.717, 1.165) is 35.2 Å². The molecule has 186 valence electrons. The van der Waals surface area contributed by atoms with Gasteiger partial charge >= 0.3 is 0 Å². The number of nitrogens with one attached hydrogen (secondary N) is 1. The minimum absolute atomic E-state index is 0.216. The molecular formula is C24H27FN10O. The molecule has 0 radical (unpaired) electrons. The summed E-state index contributed by atoms with van der Waals surface area (Å²) < 4.78 is 16.8. The van der Waals surface area contributed by atoms with Gasteiger partial charge in [0, 0.05) is 31.4 Å². The van der Waals surface area contributed by atoms with Gasteiger partial charge in [-0.15, -0.1) is 9.90 Å². The number of hydrogen-bond donors (Lipinski definition) is 1. The lowest BCUT2D eigenvalue weighted by Crippen LogP contribution is -2.05. The van der Waals surface area contributed by atoms with Gasteiger partial charge in [0.1, 0.15) is 0 Å². The predicted octanol–water partition coefficient (Wildman–Crippen LogP) is 3.25. The molecule has 36 heavy (non-hydrogen) atoms. The lowest BCUT2D eigenvalue weighted by atomic mass is 10.0. The van der Waals surface area contributed by atoms with Crippen LogP contribution in [-0.2, 0) is 18.3 Å². The third-order valence-electron chi connectivity index (χ3n) is 5.61. The molecule has 6 rings (SSSR count). The molecule has 0 aliphatic heterocycles. The van der Waals surface area contributed by atoms with Crippen molar-refractivity contribution in [3.8, 4) is 5.82 Å². The van der Waals surface area contributed by atoms with E-state index in [2.05, 4.69) is 35.7 Å². The number of pyridine rings is 1. The van der Waals surface area contributed by atoms with Crippen LogP contribution in [0.25, 0.3) is 11.5 Å². The SMILES string of the molecule is CC.Cc1cc(NC=O)cnc1-n1nccn1.Cn1cc(C2CCc3cnc4cc(F)nn4c32)cn1. The fraction of sp³-hybridized carbons (Fsp3) is 0.292. The van der Waals surface area contributed by atoms with Crippen molar-refractivity contribution in [1.29, 1.82) is 0 Å². The van der Waals surface area contributed by atoms with Crippen LogP contribution in [0.2, 0.25) is 0 Å². The predicted molar refractivity (Wildman–Crippen MR) is 131 cm³/mol. The maximum absolute atomic E-state index is 13.3. The Morgan fingerprint density at radius 2 is 1.86 bits per heavy atom. The standard InChI is InChI=1S/C13H12FN5.C9H9N5O.C2H6/c1-18-7-9(6-16-18)10-3-2-8-5-15-12-4-11(14)17-19(12)13(8)10;1-7-4-8(11-6-15)5-10-9(7)14-12-2-3-13-14;1-2/h4-7,10H,2-3H2,1H3;2-6H,1H3,(H,11,15);1-2H3. The Hall–Kier alpha value is -4.48. The summed E-state index contributed by atoms with van der Waals surface area (Å²) in [6.07, 6.45) is 13.0. The highest BCUT2D eigenvalue weighted by Gasteiger charge is 2.29. The third-order valence-corrected chi connectivity index (χ3v) is 5.61. The van der Waals surface area contributed by atoms with Gasteiger partial charge in [0.05, 0.1) is 36.2 Å². The van der Waals surface area contributed by atoms with Crippen molar-refractivity contribution in [2.75, 3.05) is 5.32 Å². The Labute approximate surface area is 207 Å². The number of halogens is 1. The summed E-state index contributed by atoms with van der Waals surface area (Å²) in [5, 5.41) is 18.6. The molecule has 5 aromatic heterocycles. The van der Waals surface area contributed by atoms with E-state index < -0.39 is 5.95 Å². The van der Waals surface area contributed by atoms with Crippen molar-refractivity contribution in [3.05, 3.63) is 77.6 Å². The monoisotopic (exact) mass is 490 g/mol. The number of carbonyl (C=O) groups excluding carboxylic acids is 1. The van der Waals surface area contributed by atoms with E-state index in [0.29, 0.717) is 23.6 Å². The Morgan fingerprint density at radius 3 is 2.53 bits per heavy atom. The number of carbonyl (C=O) groups is 1. The van der Waals surface area contributed by atoms with Crippen LogP contribution in [0.1, 0.15) is 48.6 Å². The molecule has 5 heterocycles. The van der Waals surface area contributed by atoms with Gasteiger partial charge in [-0.3, -0.25) is 9.48 Å². The number of anilines is 1. The number of rotatable bonds is 4. The van der Waals surface area contributed by atoms with Gasteiger partial charge in [0.2, 0.25) is 12.4 Å². The fourth-order valence-electron chi connectivity index (χ4n) is 4.15. The molecule has 1 amide bonds. The van der Waals surface area contributed by atoms with Crippen LogP contribution in [-0.4, -0.2) is 50.8 Å². The molecule has 0 saturated heterocycles. The number of aryl methyl sites for hydroxylation is 3. The quantitative estimate of drug-likeness (QED) is 0.384. The molecule has 0 spiro atoms. The molecule has 0 fully saturated rings. The van der Waals surface area contributed by atoms with E-state index in [4.69, 9.17) is 0 Å². The molecular weight excluding hydrogens is 463 g/mol. The minimum Gasteiger partial charge on any atom is -0.327 e. The second-order valence-electron chi connectivity index (χ2n) is 7.89. The molecule has 1 aliphatic rings. The second kappa shape index (κ2) is 10.8. The first-order valence-electron chi connectivity index (χ1n) is 11.6. The molecule has 1 unspecified atom stereocenters.